The molecule has 3 rings (SSSR count). The molecular weight excluding hydrogens is 313 g/mol. The third kappa shape index (κ3) is 3.40. The summed E-state index contributed by atoms with van der Waals surface area (Å²) in [6.45, 7) is 5.58. The van der Waals surface area contributed by atoms with Crippen molar-refractivity contribution in [3.63, 3.8) is 0 Å². The molecule has 2 nitrogen and oxygen atoms in total. The van der Waals surface area contributed by atoms with Gasteiger partial charge in [0.2, 0.25) is 5.91 Å². The Hall–Kier alpha value is -1.09. The number of rotatable bonds is 4. The van der Waals surface area contributed by atoms with Crippen molar-refractivity contribution < 1.29 is 9.18 Å². The van der Waals surface area contributed by atoms with Gasteiger partial charge in [-0.3, -0.25) is 4.79 Å². The highest BCUT2D eigenvalue weighted by molar-refractivity contribution is 6.19. The summed E-state index contributed by atoms with van der Waals surface area (Å²) in [4.78, 5) is 14.7. The largest absolute Gasteiger partial charge is 0.342 e. The number of hydrogen-bond donors (Lipinski definition) is 0. The zero-order chi connectivity index (χ0) is 16.6. The van der Waals surface area contributed by atoms with Gasteiger partial charge in [-0.05, 0) is 68.6 Å². The van der Waals surface area contributed by atoms with Crippen molar-refractivity contribution in [2.75, 3.05) is 19.0 Å². The molecule has 1 saturated heterocycles. The number of nitrogens with zero attached hydrogens (tertiary/aromatic N) is 1. The minimum atomic E-state index is -0.480. The molecular formula is C19H25ClFNO. The van der Waals surface area contributed by atoms with E-state index in [1.165, 1.54) is 30.5 Å². The second-order valence-corrected chi connectivity index (χ2v) is 8.09. The number of halogens is 2. The first-order chi connectivity index (χ1) is 10.9. The molecule has 2 fully saturated rings. The lowest BCUT2D eigenvalue weighted by Crippen LogP contribution is -2.41. The lowest BCUT2D eigenvalue weighted by Gasteiger charge is -2.28. The third-order valence-corrected chi connectivity index (χ3v) is 6.28. The van der Waals surface area contributed by atoms with Crippen LogP contribution in [0.15, 0.2) is 24.3 Å². The monoisotopic (exact) mass is 337 g/mol. The Balaban J connectivity index is 1.65. The van der Waals surface area contributed by atoms with Gasteiger partial charge in [0.05, 0.1) is 5.41 Å². The maximum Gasteiger partial charge on any atom is 0.229 e. The molecule has 1 amide bonds. The van der Waals surface area contributed by atoms with Gasteiger partial charge in [0, 0.05) is 19.0 Å². The van der Waals surface area contributed by atoms with E-state index in [1.807, 2.05) is 30.9 Å². The van der Waals surface area contributed by atoms with Crippen LogP contribution >= 0.6 is 11.6 Å². The minimum absolute atomic E-state index is 0.181. The number of carbonyl (C=O) groups is 1. The summed E-state index contributed by atoms with van der Waals surface area (Å²) in [5.41, 5.74) is 0.718. The van der Waals surface area contributed by atoms with E-state index in [2.05, 4.69) is 0 Å². The highest BCUT2D eigenvalue weighted by Crippen LogP contribution is 2.44. The van der Waals surface area contributed by atoms with Gasteiger partial charge in [0.1, 0.15) is 5.82 Å². The summed E-state index contributed by atoms with van der Waals surface area (Å²) in [6.07, 6.45) is 3.40. The van der Waals surface area contributed by atoms with Crippen LogP contribution < -0.4 is 0 Å². The molecule has 0 spiro atoms. The number of carbonyl (C=O) groups excluding carboxylic acids is 1. The normalized spacial score (nSPS) is 27.3. The molecule has 0 radical (unpaired) electrons. The van der Waals surface area contributed by atoms with Crippen LogP contribution in [0.5, 0.6) is 0 Å². The summed E-state index contributed by atoms with van der Waals surface area (Å²) in [5.74, 6) is 2.16. The zero-order valence-electron chi connectivity index (χ0n) is 13.9. The standard InChI is InChI=1S/C19H25ClFNO/c1-19(2,12-20)18(23)22-10-15-6-5-14(17(15)11-22)9-13-3-7-16(21)8-4-13/h3-4,7-8,14-15,17H,5-6,9-12H2,1-2H3/t14-,15-,17-/m0/s1. The van der Waals surface area contributed by atoms with E-state index < -0.39 is 5.41 Å². The van der Waals surface area contributed by atoms with E-state index in [4.69, 9.17) is 11.6 Å². The quantitative estimate of drug-likeness (QED) is 0.757. The molecule has 1 aromatic carbocycles. The molecule has 1 saturated carbocycles. The predicted octanol–water partition coefficient (Wildman–Crippen LogP) is 4.12. The average Bonchev–Trinajstić information content (AvgIpc) is 3.10. The van der Waals surface area contributed by atoms with Crippen molar-refractivity contribution in [2.24, 2.45) is 23.2 Å². The van der Waals surface area contributed by atoms with Crippen LogP contribution in [0.25, 0.3) is 0 Å². The SMILES string of the molecule is CC(C)(CCl)C(=O)N1C[C@@H]2CC[C@@H](Cc3ccc(F)cc3)[C@@H]2C1. The van der Waals surface area contributed by atoms with Gasteiger partial charge in [-0.25, -0.2) is 4.39 Å². The highest BCUT2D eigenvalue weighted by Gasteiger charge is 2.45. The summed E-state index contributed by atoms with van der Waals surface area (Å²) >= 11 is 5.96. The topological polar surface area (TPSA) is 20.3 Å². The van der Waals surface area contributed by atoms with E-state index in [0.717, 1.165) is 19.5 Å². The summed E-state index contributed by atoms with van der Waals surface area (Å²) < 4.78 is 13.0. The summed E-state index contributed by atoms with van der Waals surface area (Å²) in [6, 6.07) is 6.85. The lowest BCUT2D eigenvalue weighted by molar-refractivity contribution is -0.138. The van der Waals surface area contributed by atoms with E-state index in [0.29, 0.717) is 23.6 Å². The second-order valence-electron chi connectivity index (χ2n) is 7.82. The molecule has 4 heteroatoms. The molecule has 1 aliphatic heterocycles. The average molecular weight is 338 g/mol. The van der Waals surface area contributed by atoms with E-state index in [1.54, 1.807) is 0 Å². The van der Waals surface area contributed by atoms with Crippen LogP contribution in [0.2, 0.25) is 0 Å². The number of benzene rings is 1. The van der Waals surface area contributed by atoms with Crippen molar-refractivity contribution >= 4 is 17.5 Å². The zero-order valence-corrected chi connectivity index (χ0v) is 14.7. The molecule has 0 aromatic heterocycles. The van der Waals surface area contributed by atoms with Gasteiger partial charge in [-0.2, -0.15) is 0 Å². The van der Waals surface area contributed by atoms with Crippen molar-refractivity contribution in [3.05, 3.63) is 35.6 Å². The Morgan fingerprint density at radius 3 is 2.61 bits per heavy atom. The molecule has 23 heavy (non-hydrogen) atoms. The second kappa shape index (κ2) is 6.43. The number of hydrogen-bond acceptors (Lipinski definition) is 1. The molecule has 0 bridgehead atoms. The van der Waals surface area contributed by atoms with E-state index in [-0.39, 0.29) is 11.7 Å². The minimum Gasteiger partial charge on any atom is -0.342 e. The van der Waals surface area contributed by atoms with E-state index in [9.17, 15) is 9.18 Å². The first kappa shape index (κ1) is 16.8. The Bertz CT molecular complexity index is 571. The van der Waals surface area contributed by atoms with E-state index >= 15 is 0 Å². The number of amides is 1. The van der Waals surface area contributed by atoms with Crippen molar-refractivity contribution in [2.45, 2.75) is 33.1 Å². The first-order valence-corrected chi connectivity index (χ1v) is 9.04. The Morgan fingerprint density at radius 2 is 1.96 bits per heavy atom. The first-order valence-electron chi connectivity index (χ1n) is 8.50. The number of alkyl halides is 1. The smallest absolute Gasteiger partial charge is 0.229 e. The molecule has 0 unspecified atom stereocenters. The van der Waals surface area contributed by atoms with Gasteiger partial charge in [-0.1, -0.05) is 12.1 Å². The Labute approximate surface area is 143 Å². The van der Waals surface area contributed by atoms with Crippen molar-refractivity contribution in [3.8, 4) is 0 Å². The fourth-order valence-corrected chi connectivity index (χ4v) is 4.32. The Morgan fingerprint density at radius 1 is 1.26 bits per heavy atom. The molecule has 1 aromatic rings. The lowest BCUT2D eigenvalue weighted by atomic mass is 9.87. The van der Waals surface area contributed by atoms with Crippen LogP contribution in [0.3, 0.4) is 0 Å². The molecule has 126 valence electrons. The van der Waals surface area contributed by atoms with Crippen LogP contribution in [0.4, 0.5) is 4.39 Å². The number of fused-ring (bicyclic) bond motifs is 1. The fraction of sp³-hybridized carbons (Fsp3) is 0.632. The predicted molar refractivity (Wildman–Crippen MR) is 90.9 cm³/mol. The van der Waals surface area contributed by atoms with Gasteiger partial charge in [-0.15, -0.1) is 11.6 Å². The van der Waals surface area contributed by atoms with Gasteiger partial charge in [0.15, 0.2) is 0 Å². The maximum atomic E-state index is 13.0. The van der Waals surface area contributed by atoms with Gasteiger partial charge >= 0.3 is 0 Å². The molecule has 2 aliphatic rings. The van der Waals surface area contributed by atoms with Crippen LogP contribution in [-0.2, 0) is 11.2 Å². The third-order valence-electron chi connectivity index (χ3n) is 5.62. The fourth-order valence-electron chi connectivity index (χ4n) is 4.21. The van der Waals surface area contributed by atoms with Crippen molar-refractivity contribution in [1.82, 2.24) is 4.90 Å². The molecule has 0 N–H and O–H groups in total. The molecule has 1 heterocycles. The molecule has 1 aliphatic carbocycles. The Kier molecular flexibility index (Phi) is 4.68. The summed E-state index contributed by atoms with van der Waals surface area (Å²) in [5, 5.41) is 0. The van der Waals surface area contributed by atoms with Crippen molar-refractivity contribution in [1.29, 1.82) is 0 Å². The van der Waals surface area contributed by atoms with Crippen LogP contribution in [0.1, 0.15) is 32.3 Å². The number of likely N-dealkylation sites (tertiary alicyclic amines) is 1. The maximum absolute atomic E-state index is 13.0. The van der Waals surface area contributed by atoms with Gasteiger partial charge < -0.3 is 4.90 Å². The van der Waals surface area contributed by atoms with Gasteiger partial charge in [0.25, 0.3) is 0 Å². The summed E-state index contributed by atoms with van der Waals surface area (Å²) in [7, 11) is 0. The van der Waals surface area contributed by atoms with Crippen LogP contribution in [-0.4, -0.2) is 29.8 Å². The van der Waals surface area contributed by atoms with Crippen LogP contribution in [0, 0.1) is 29.0 Å². The molecule has 3 atom stereocenters. The highest BCUT2D eigenvalue weighted by atomic mass is 35.5.